The molecule has 1 heterocycles. The number of amides is 1. The van der Waals surface area contributed by atoms with Gasteiger partial charge in [-0.3, -0.25) is 14.9 Å². The van der Waals surface area contributed by atoms with E-state index in [-0.39, 0.29) is 24.7 Å². The summed E-state index contributed by atoms with van der Waals surface area (Å²) in [6.07, 6.45) is 0. The standard InChI is InChI=1S/C19H22N4O5/c1-5-28-19(25)16-10-17(14-6-8-15(9-7-14)23(26)27)22(13(16)4)11-18(24)21-20-12(2)3/h6-10H,5,11H2,1-4H3,(H,21,24). The summed E-state index contributed by atoms with van der Waals surface area (Å²) in [5, 5.41) is 14.8. The van der Waals surface area contributed by atoms with Crippen LogP contribution in [0.2, 0.25) is 0 Å². The summed E-state index contributed by atoms with van der Waals surface area (Å²) >= 11 is 0. The summed E-state index contributed by atoms with van der Waals surface area (Å²) in [6, 6.07) is 7.51. The highest BCUT2D eigenvalue weighted by atomic mass is 16.6. The van der Waals surface area contributed by atoms with Crippen LogP contribution in [0.3, 0.4) is 0 Å². The maximum Gasteiger partial charge on any atom is 0.339 e. The molecule has 1 N–H and O–H groups in total. The van der Waals surface area contributed by atoms with Crippen LogP contribution >= 0.6 is 0 Å². The molecule has 1 aromatic heterocycles. The Bertz CT molecular complexity index is 925. The molecule has 0 radical (unpaired) electrons. The first-order chi connectivity index (χ1) is 13.2. The smallest absolute Gasteiger partial charge is 0.339 e. The monoisotopic (exact) mass is 386 g/mol. The van der Waals surface area contributed by atoms with Crippen molar-refractivity contribution in [2.75, 3.05) is 6.61 Å². The number of hydrazone groups is 1. The molecule has 0 bridgehead atoms. The van der Waals surface area contributed by atoms with Crippen LogP contribution < -0.4 is 5.43 Å². The van der Waals surface area contributed by atoms with Crippen molar-refractivity contribution in [3.05, 3.63) is 51.7 Å². The lowest BCUT2D eigenvalue weighted by Gasteiger charge is -2.11. The number of nitrogens with zero attached hydrogens (tertiary/aromatic N) is 3. The molecule has 0 atom stereocenters. The molecule has 148 valence electrons. The van der Waals surface area contributed by atoms with Crippen molar-refractivity contribution in [1.29, 1.82) is 0 Å². The van der Waals surface area contributed by atoms with E-state index in [1.807, 2.05) is 0 Å². The molecule has 1 aromatic carbocycles. The number of benzene rings is 1. The molecule has 0 fully saturated rings. The van der Waals surface area contributed by atoms with Crippen LogP contribution in [-0.4, -0.2) is 33.7 Å². The van der Waals surface area contributed by atoms with Gasteiger partial charge in [0.05, 0.1) is 17.1 Å². The van der Waals surface area contributed by atoms with E-state index in [4.69, 9.17) is 4.74 Å². The van der Waals surface area contributed by atoms with Crippen molar-refractivity contribution >= 4 is 23.3 Å². The maximum atomic E-state index is 12.3. The van der Waals surface area contributed by atoms with Gasteiger partial charge in [0.2, 0.25) is 0 Å². The van der Waals surface area contributed by atoms with Crippen LogP contribution in [0.1, 0.15) is 36.8 Å². The Morgan fingerprint density at radius 2 is 1.89 bits per heavy atom. The molecular formula is C19H22N4O5. The molecule has 0 saturated heterocycles. The number of carbonyl (C=O) groups excluding carboxylic acids is 2. The Balaban J connectivity index is 2.48. The molecule has 0 spiro atoms. The molecule has 0 aliphatic carbocycles. The minimum atomic E-state index is -0.496. The van der Waals surface area contributed by atoms with E-state index in [1.54, 1.807) is 50.5 Å². The molecule has 28 heavy (non-hydrogen) atoms. The zero-order valence-electron chi connectivity index (χ0n) is 16.2. The molecule has 9 heteroatoms. The van der Waals surface area contributed by atoms with E-state index >= 15 is 0 Å². The number of hydrogen-bond donors (Lipinski definition) is 1. The Morgan fingerprint density at radius 3 is 2.43 bits per heavy atom. The largest absolute Gasteiger partial charge is 0.462 e. The molecule has 0 saturated carbocycles. The van der Waals surface area contributed by atoms with E-state index < -0.39 is 10.9 Å². The third-order valence-electron chi connectivity index (χ3n) is 3.94. The molecule has 2 rings (SSSR count). The molecule has 0 unspecified atom stereocenters. The van der Waals surface area contributed by atoms with Crippen LogP contribution in [0.4, 0.5) is 5.69 Å². The van der Waals surface area contributed by atoms with Crippen LogP contribution in [-0.2, 0) is 16.1 Å². The van der Waals surface area contributed by atoms with E-state index in [0.29, 0.717) is 28.2 Å². The Hall–Kier alpha value is -3.49. The van der Waals surface area contributed by atoms with Gasteiger partial charge in [-0.25, -0.2) is 10.2 Å². The SMILES string of the molecule is CCOC(=O)c1cc(-c2ccc([N+](=O)[O-])cc2)n(CC(=O)NN=C(C)C)c1C. The van der Waals surface area contributed by atoms with Gasteiger partial charge < -0.3 is 9.30 Å². The van der Waals surface area contributed by atoms with Gasteiger partial charge in [-0.2, -0.15) is 5.10 Å². The van der Waals surface area contributed by atoms with Gasteiger partial charge in [-0.05, 0) is 51.5 Å². The first-order valence-corrected chi connectivity index (χ1v) is 8.66. The van der Waals surface area contributed by atoms with E-state index in [0.717, 1.165) is 0 Å². The lowest BCUT2D eigenvalue weighted by atomic mass is 10.1. The molecule has 9 nitrogen and oxygen atoms in total. The van der Waals surface area contributed by atoms with E-state index in [9.17, 15) is 19.7 Å². The van der Waals surface area contributed by atoms with E-state index in [1.165, 1.54) is 12.1 Å². The number of ether oxygens (including phenoxy) is 1. The maximum absolute atomic E-state index is 12.3. The van der Waals surface area contributed by atoms with Gasteiger partial charge in [0.25, 0.3) is 11.6 Å². The number of aromatic nitrogens is 1. The summed E-state index contributed by atoms with van der Waals surface area (Å²) in [4.78, 5) is 34.9. The zero-order chi connectivity index (χ0) is 20.8. The number of carbonyl (C=O) groups is 2. The average Bonchev–Trinajstić information content (AvgIpc) is 2.97. The minimum Gasteiger partial charge on any atom is -0.462 e. The van der Waals surface area contributed by atoms with Gasteiger partial charge in [0.1, 0.15) is 6.54 Å². The third kappa shape index (κ3) is 4.81. The van der Waals surface area contributed by atoms with Crippen molar-refractivity contribution in [3.8, 4) is 11.3 Å². The average molecular weight is 386 g/mol. The summed E-state index contributed by atoms with van der Waals surface area (Å²) in [7, 11) is 0. The Kier molecular flexibility index (Phi) is 6.64. The highest BCUT2D eigenvalue weighted by Crippen LogP contribution is 2.28. The second kappa shape index (κ2) is 8.94. The second-order valence-corrected chi connectivity index (χ2v) is 6.23. The van der Waals surface area contributed by atoms with Crippen molar-refractivity contribution in [2.24, 2.45) is 5.10 Å². The number of esters is 1. The summed E-state index contributed by atoms with van der Waals surface area (Å²) in [6.45, 7) is 7.07. The molecule has 2 aromatic rings. The van der Waals surface area contributed by atoms with E-state index in [2.05, 4.69) is 10.5 Å². The minimum absolute atomic E-state index is 0.0466. The van der Waals surface area contributed by atoms with Crippen LogP contribution in [0.25, 0.3) is 11.3 Å². The van der Waals surface area contributed by atoms with Crippen molar-refractivity contribution in [2.45, 2.75) is 34.2 Å². The van der Waals surface area contributed by atoms with Gasteiger partial charge in [-0.1, -0.05) is 0 Å². The van der Waals surface area contributed by atoms with Crippen LogP contribution in [0, 0.1) is 17.0 Å². The molecule has 0 aliphatic rings. The predicted octanol–water partition coefficient (Wildman–Crippen LogP) is 3.06. The second-order valence-electron chi connectivity index (χ2n) is 6.23. The highest BCUT2D eigenvalue weighted by molar-refractivity contribution is 5.93. The zero-order valence-corrected chi connectivity index (χ0v) is 16.2. The number of hydrogen-bond acceptors (Lipinski definition) is 6. The Labute approximate surface area is 162 Å². The summed E-state index contributed by atoms with van der Waals surface area (Å²) < 4.78 is 6.74. The molecular weight excluding hydrogens is 364 g/mol. The lowest BCUT2D eigenvalue weighted by Crippen LogP contribution is -2.24. The van der Waals surface area contributed by atoms with Crippen molar-refractivity contribution in [3.63, 3.8) is 0 Å². The first-order valence-electron chi connectivity index (χ1n) is 8.66. The van der Waals surface area contributed by atoms with Crippen molar-refractivity contribution < 1.29 is 19.2 Å². The van der Waals surface area contributed by atoms with Gasteiger partial charge in [0.15, 0.2) is 0 Å². The van der Waals surface area contributed by atoms with Crippen LogP contribution in [0.5, 0.6) is 0 Å². The number of nitrogens with one attached hydrogen (secondary N) is 1. The molecule has 1 amide bonds. The topological polar surface area (TPSA) is 116 Å². The van der Waals surface area contributed by atoms with Gasteiger partial charge in [-0.15, -0.1) is 0 Å². The first kappa shape index (κ1) is 20.8. The van der Waals surface area contributed by atoms with Crippen LogP contribution in [0.15, 0.2) is 35.4 Å². The quantitative estimate of drug-likeness (QED) is 0.340. The fourth-order valence-corrected chi connectivity index (χ4v) is 2.61. The van der Waals surface area contributed by atoms with Gasteiger partial charge >= 0.3 is 5.97 Å². The summed E-state index contributed by atoms with van der Waals surface area (Å²) in [5.74, 6) is -0.858. The van der Waals surface area contributed by atoms with Gasteiger partial charge in [0, 0.05) is 29.2 Å². The number of non-ortho nitro benzene ring substituents is 1. The fraction of sp³-hybridized carbons (Fsp3) is 0.316. The lowest BCUT2D eigenvalue weighted by molar-refractivity contribution is -0.384. The highest BCUT2D eigenvalue weighted by Gasteiger charge is 2.21. The summed E-state index contributed by atoms with van der Waals surface area (Å²) in [5.41, 5.74) is 5.19. The number of nitro groups is 1. The Morgan fingerprint density at radius 1 is 1.25 bits per heavy atom. The third-order valence-corrected chi connectivity index (χ3v) is 3.94. The van der Waals surface area contributed by atoms with Crippen molar-refractivity contribution in [1.82, 2.24) is 9.99 Å². The fourth-order valence-electron chi connectivity index (χ4n) is 2.61. The number of rotatable bonds is 7. The normalized spacial score (nSPS) is 10.3. The predicted molar refractivity (Wildman–Crippen MR) is 104 cm³/mol. The molecule has 0 aliphatic heterocycles. The number of nitro benzene ring substituents is 1.